The summed E-state index contributed by atoms with van der Waals surface area (Å²) >= 11 is 3.25. The van der Waals surface area contributed by atoms with Crippen molar-refractivity contribution in [2.45, 2.75) is 6.54 Å². The number of nitrogens with zero attached hydrogens (tertiary/aromatic N) is 3. The molecule has 1 aromatic carbocycles. The summed E-state index contributed by atoms with van der Waals surface area (Å²) in [5.74, 6) is -0.195. The van der Waals surface area contributed by atoms with Crippen LogP contribution in [-0.2, 0) is 6.54 Å². The summed E-state index contributed by atoms with van der Waals surface area (Å²) in [6.45, 7) is 0.255. The Kier molecular flexibility index (Phi) is 4.47. The van der Waals surface area contributed by atoms with Gasteiger partial charge in [0.15, 0.2) is 5.82 Å². The number of hydrogen-bond acceptors (Lipinski definition) is 3. The van der Waals surface area contributed by atoms with E-state index in [-0.39, 0.29) is 18.0 Å². The van der Waals surface area contributed by atoms with Gasteiger partial charge in [-0.25, -0.2) is 14.1 Å². The van der Waals surface area contributed by atoms with E-state index in [4.69, 9.17) is 0 Å². The van der Waals surface area contributed by atoms with Crippen molar-refractivity contribution in [2.75, 3.05) is 0 Å². The maximum atomic E-state index is 13.3. The van der Waals surface area contributed by atoms with Gasteiger partial charge in [-0.2, -0.15) is 5.10 Å². The number of pyridine rings is 1. The van der Waals surface area contributed by atoms with E-state index < -0.39 is 5.82 Å². The van der Waals surface area contributed by atoms with E-state index in [2.05, 4.69) is 31.3 Å². The van der Waals surface area contributed by atoms with Crippen LogP contribution in [0, 0.1) is 5.82 Å². The van der Waals surface area contributed by atoms with Crippen molar-refractivity contribution in [1.29, 1.82) is 0 Å². The highest BCUT2D eigenvalue weighted by Crippen LogP contribution is 2.18. The van der Waals surface area contributed by atoms with Gasteiger partial charge in [-0.15, -0.1) is 0 Å². The molecule has 2 aromatic heterocycles. The van der Waals surface area contributed by atoms with E-state index >= 15 is 0 Å². The summed E-state index contributed by atoms with van der Waals surface area (Å²) in [4.78, 5) is 16.5. The number of benzene rings is 1. The lowest BCUT2D eigenvalue weighted by Gasteiger charge is -2.10. The minimum Gasteiger partial charge on any atom is -0.348 e. The summed E-state index contributed by atoms with van der Waals surface area (Å²) in [6.07, 6.45) is 5.09. The minimum absolute atomic E-state index is 0.245. The highest BCUT2D eigenvalue weighted by atomic mass is 79.9. The first kappa shape index (κ1) is 15.4. The highest BCUT2D eigenvalue weighted by molar-refractivity contribution is 9.10. The summed E-state index contributed by atoms with van der Waals surface area (Å²) in [5.41, 5.74) is 1.05. The number of hydrogen-bond donors (Lipinski definition) is 1. The molecular formula is C16H12BrFN4O. The van der Waals surface area contributed by atoms with E-state index in [1.807, 2.05) is 6.07 Å². The van der Waals surface area contributed by atoms with E-state index in [1.165, 1.54) is 18.2 Å². The van der Waals surface area contributed by atoms with Crippen molar-refractivity contribution < 1.29 is 9.18 Å². The van der Waals surface area contributed by atoms with Crippen LogP contribution in [0.25, 0.3) is 5.82 Å². The zero-order chi connectivity index (χ0) is 16.2. The molecule has 0 aliphatic heterocycles. The normalized spacial score (nSPS) is 10.5. The monoisotopic (exact) mass is 374 g/mol. The topological polar surface area (TPSA) is 59.8 Å². The summed E-state index contributed by atoms with van der Waals surface area (Å²) in [6, 6.07) is 9.41. The summed E-state index contributed by atoms with van der Waals surface area (Å²) in [7, 11) is 0. The Bertz CT molecular complexity index is 836. The molecule has 0 saturated heterocycles. The lowest BCUT2D eigenvalue weighted by molar-refractivity contribution is 0.0949. The van der Waals surface area contributed by atoms with Crippen molar-refractivity contribution in [1.82, 2.24) is 20.1 Å². The molecule has 0 unspecified atom stereocenters. The first-order valence-corrected chi connectivity index (χ1v) is 7.61. The Morgan fingerprint density at radius 3 is 2.91 bits per heavy atom. The molecule has 0 aliphatic carbocycles. The molecule has 23 heavy (non-hydrogen) atoms. The largest absolute Gasteiger partial charge is 0.348 e. The van der Waals surface area contributed by atoms with Gasteiger partial charge in [0.2, 0.25) is 0 Å². The number of halogens is 2. The van der Waals surface area contributed by atoms with Crippen LogP contribution in [0.1, 0.15) is 15.9 Å². The molecule has 0 atom stereocenters. The Morgan fingerprint density at radius 1 is 1.26 bits per heavy atom. The van der Waals surface area contributed by atoms with Gasteiger partial charge in [0.1, 0.15) is 5.82 Å². The first-order chi connectivity index (χ1) is 11.1. The molecule has 7 heteroatoms. The second-order valence-corrected chi connectivity index (χ2v) is 5.60. The molecule has 5 nitrogen and oxygen atoms in total. The van der Waals surface area contributed by atoms with E-state index in [9.17, 15) is 9.18 Å². The van der Waals surface area contributed by atoms with Crippen LogP contribution in [-0.4, -0.2) is 20.7 Å². The molecule has 0 fully saturated rings. The first-order valence-electron chi connectivity index (χ1n) is 6.82. The highest BCUT2D eigenvalue weighted by Gasteiger charge is 2.12. The fraction of sp³-hybridized carbons (Fsp3) is 0.0625. The van der Waals surface area contributed by atoms with Gasteiger partial charge in [-0.3, -0.25) is 4.79 Å². The zero-order valence-corrected chi connectivity index (χ0v) is 13.5. The molecule has 3 aromatic rings. The van der Waals surface area contributed by atoms with Gasteiger partial charge in [0.05, 0.1) is 5.56 Å². The maximum Gasteiger partial charge on any atom is 0.252 e. The van der Waals surface area contributed by atoms with Crippen molar-refractivity contribution in [3.63, 3.8) is 0 Å². The third-order valence-electron chi connectivity index (χ3n) is 3.20. The van der Waals surface area contributed by atoms with Crippen LogP contribution in [0.5, 0.6) is 0 Å². The molecular weight excluding hydrogens is 363 g/mol. The lowest BCUT2D eigenvalue weighted by atomic mass is 10.2. The van der Waals surface area contributed by atoms with E-state index in [1.54, 1.807) is 35.4 Å². The number of carbonyl (C=O) groups excluding carboxylic acids is 1. The molecule has 3 rings (SSSR count). The second kappa shape index (κ2) is 6.70. The number of rotatable bonds is 4. The predicted molar refractivity (Wildman–Crippen MR) is 86.6 cm³/mol. The van der Waals surface area contributed by atoms with Gasteiger partial charge in [-0.05, 0) is 46.3 Å². The molecule has 2 heterocycles. The van der Waals surface area contributed by atoms with Crippen LogP contribution in [0.15, 0.2) is 59.5 Å². The van der Waals surface area contributed by atoms with Crippen molar-refractivity contribution in [3.05, 3.63) is 76.4 Å². The molecule has 0 aliphatic rings. The van der Waals surface area contributed by atoms with Gasteiger partial charge in [0, 0.05) is 35.2 Å². The van der Waals surface area contributed by atoms with Crippen LogP contribution < -0.4 is 5.32 Å². The molecule has 0 radical (unpaired) electrons. The number of amides is 1. The third kappa shape index (κ3) is 3.45. The number of nitrogens with one attached hydrogen (secondary N) is 1. The van der Waals surface area contributed by atoms with Crippen molar-refractivity contribution >= 4 is 21.8 Å². The molecule has 0 saturated carbocycles. The van der Waals surface area contributed by atoms with Gasteiger partial charge >= 0.3 is 0 Å². The molecule has 0 bridgehead atoms. The molecule has 1 amide bonds. The maximum absolute atomic E-state index is 13.3. The van der Waals surface area contributed by atoms with Crippen molar-refractivity contribution in [3.8, 4) is 5.82 Å². The smallest absolute Gasteiger partial charge is 0.252 e. The van der Waals surface area contributed by atoms with E-state index in [0.717, 1.165) is 5.56 Å². The molecule has 0 spiro atoms. The summed E-state index contributed by atoms with van der Waals surface area (Å²) < 4.78 is 15.5. The van der Waals surface area contributed by atoms with Gasteiger partial charge in [-0.1, -0.05) is 6.07 Å². The number of carbonyl (C=O) groups is 1. The summed E-state index contributed by atoms with van der Waals surface area (Å²) in [5, 5.41) is 6.91. The average Bonchev–Trinajstić information content (AvgIpc) is 3.09. The van der Waals surface area contributed by atoms with Crippen LogP contribution in [0.3, 0.4) is 0 Å². The fourth-order valence-corrected chi connectivity index (χ4v) is 2.54. The van der Waals surface area contributed by atoms with Crippen molar-refractivity contribution in [2.24, 2.45) is 0 Å². The minimum atomic E-state index is -0.461. The van der Waals surface area contributed by atoms with Crippen LogP contribution in [0.2, 0.25) is 0 Å². The average molecular weight is 375 g/mol. The Labute approximate surface area is 140 Å². The molecule has 116 valence electrons. The Balaban J connectivity index is 1.79. The second-order valence-electron chi connectivity index (χ2n) is 4.74. The lowest BCUT2D eigenvalue weighted by Crippen LogP contribution is -2.24. The SMILES string of the molecule is O=C(NCc1cccnc1-n1cccn1)c1cc(F)ccc1Br. The zero-order valence-electron chi connectivity index (χ0n) is 11.9. The third-order valence-corrected chi connectivity index (χ3v) is 3.89. The Morgan fingerprint density at radius 2 is 2.13 bits per heavy atom. The van der Waals surface area contributed by atoms with E-state index in [0.29, 0.717) is 10.3 Å². The Hall–Kier alpha value is -2.54. The number of aromatic nitrogens is 3. The van der Waals surface area contributed by atoms with Crippen LogP contribution >= 0.6 is 15.9 Å². The quantitative estimate of drug-likeness (QED) is 0.763. The molecule has 1 N–H and O–H groups in total. The van der Waals surface area contributed by atoms with Crippen LogP contribution in [0.4, 0.5) is 4.39 Å². The fourth-order valence-electron chi connectivity index (χ4n) is 2.11. The standard InChI is InChI=1S/C16H12BrFN4O/c17-14-5-4-12(18)9-13(14)16(23)20-10-11-3-1-6-19-15(11)22-8-2-7-21-22/h1-9H,10H2,(H,20,23). The predicted octanol–water partition coefficient (Wildman–Crippen LogP) is 3.10. The van der Waals surface area contributed by atoms with Gasteiger partial charge < -0.3 is 5.32 Å². The van der Waals surface area contributed by atoms with Gasteiger partial charge in [0.25, 0.3) is 5.91 Å².